The number of nitrogens with two attached hydrogens (primary N) is 1. The zero-order chi connectivity index (χ0) is 11.7. The summed E-state index contributed by atoms with van der Waals surface area (Å²) in [4.78, 5) is 0. The van der Waals surface area contributed by atoms with Gasteiger partial charge in [0.15, 0.2) is 0 Å². The van der Waals surface area contributed by atoms with Crippen LogP contribution in [0.25, 0.3) is 0 Å². The molecule has 0 aliphatic heterocycles. The van der Waals surface area contributed by atoms with Crippen molar-refractivity contribution in [3.05, 3.63) is 0 Å². The fourth-order valence-electron chi connectivity index (χ4n) is 1.50. The van der Waals surface area contributed by atoms with Crippen LogP contribution in [-0.4, -0.2) is 30.3 Å². The zero-order valence-electron chi connectivity index (χ0n) is 10.6. The van der Waals surface area contributed by atoms with E-state index in [0.29, 0.717) is 6.54 Å². The molecule has 0 rings (SSSR count). The van der Waals surface area contributed by atoms with Crippen LogP contribution in [-0.2, 0) is 0 Å². The second-order valence-electron chi connectivity index (χ2n) is 5.05. The molecule has 0 aliphatic carbocycles. The fourth-order valence-corrected chi connectivity index (χ4v) is 1.50. The van der Waals surface area contributed by atoms with Gasteiger partial charge in [-0.15, -0.1) is 0 Å². The van der Waals surface area contributed by atoms with Gasteiger partial charge in [-0.1, -0.05) is 13.8 Å². The van der Waals surface area contributed by atoms with Gasteiger partial charge in [0.05, 0.1) is 0 Å². The minimum atomic E-state index is 0.0692. The van der Waals surface area contributed by atoms with Crippen LogP contribution in [0.15, 0.2) is 0 Å². The maximum Gasteiger partial charge on any atom is 0.0431 e. The molecule has 0 aromatic rings. The van der Waals surface area contributed by atoms with Gasteiger partial charge in [-0.05, 0) is 45.1 Å². The van der Waals surface area contributed by atoms with E-state index in [0.717, 1.165) is 31.7 Å². The maximum atomic E-state index is 8.68. The summed E-state index contributed by atoms with van der Waals surface area (Å²) in [5.74, 6) is 0.732. The predicted molar refractivity (Wildman–Crippen MR) is 65.9 cm³/mol. The summed E-state index contributed by atoms with van der Waals surface area (Å²) in [6, 6.07) is 0. The predicted octanol–water partition coefficient (Wildman–Crippen LogP) is 1.50. The summed E-state index contributed by atoms with van der Waals surface area (Å²) in [5, 5.41) is 12.2. The van der Waals surface area contributed by atoms with E-state index in [1.54, 1.807) is 0 Å². The lowest BCUT2D eigenvalue weighted by Crippen LogP contribution is -2.49. The Balaban J connectivity index is 3.75. The first-order chi connectivity index (χ1) is 7.04. The van der Waals surface area contributed by atoms with Crippen molar-refractivity contribution in [1.29, 1.82) is 0 Å². The fraction of sp³-hybridized carbons (Fsp3) is 1.00. The molecule has 0 heterocycles. The molecular weight excluding hydrogens is 188 g/mol. The standard InChI is InChI=1S/C12H28N2O/c1-11(2)6-7-12(3,10-13)14-8-4-5-9-15/h11,14-15H,4-10,13H2,1-3H3. The molecule has 0 bridgehead atoms. The SMILES string of the molecule is CC(C)CCC(C)(CN)NCCCCO. The highest BCUT2D eigenvalue weighted by Crippen LogP contribution is 2.15. The van der Waals surface area contributed by atoms with Crippen molar-refractivity contribution in [2.75, 3.05) is 19.7 Å². The summed E-state index contributed by atoms with van der Waals surface area (Å²) >= 11 is 0. The first-order valence-corrected chi connectivity index (χ1v) is 6.10. The molecule has 4 N–H and O–H groups in total. The minimum absolute atomic E-state index is 0.0692. The lowest BCUT2D eigenvalue weighted by atomic mass is 9.92. The largest absolute Gasteiger partial charge is 0.396 e. The van der Waals surface area contributed by atoms with Crippen molar-refractivity contribution < 1.29 is 5.11 Å². The molecule has 0 fully saturated rings. The van der Waals surface area contributed by atoms with E-state index in [2.05, 4.69) is 26.1 Å². The Morgan fingerprint density at radius 3 is 2.47 bits per heavy atom. The molecule has 3 nitrogen and oxygen atoms in total. The lowest BCUT2D eigenvalue weighted by molar-refractivity contribution is 0.272. The lowest BCUT2D eigenvalue weighted by Gasteiger charge is -2.30. The van der Waals surface area contributed by atoms with E-state index < -0.39 is 0 Å². The first kappa shape index (κ1) is 14.9. The number of hydrogen-bond acceptors (Lipinski definition) is 3. The third kappa shape index (κ3) is 7.77. The molecule has 92 valence electrons. The molecule has 0 aromatic heterocycles. The van der Waals surface area contributed by atoms with Gasteiger partial charge >= 0.3 is 0 Å². The van der Waals surface area contributed by atoms with Gasteiger partial charge in [-0.25, -0.2) is 0 Å². The maximum absolute atomic E-state index is 8.68. The highest BCUT2D eigenvalue weighted by molar-refractivity contribution is 4.84. The minimum Gasteiger partial charge on any atom is -0.396 e. The number of rotatable bonds is 9. The highest BCUT2D eigenvalue weighted by Gasteiger charge is 2.21. The normalized spacial score (nSPS) is 15.6. The van der Waals surface area contributed by atoms with Crippen LogP contribution in [0.3, 0.4) is 0 Å². The Morgan fingerprint density at radius 2 is 2.00 bits per heavy atom. The Bertz CT molecular complexity index is 151. The summed E-state index contributed by atoms with van der Waals surface area (Å²) < 4.78 is 0. The quantitative estimate of drug-likeness (QED) is 0.512. The number of hydrogen-bond donors (Lipinski definition) is 3. The Kier molecular flexibility index (Phi) is 8.02. The average molecular weight is 216 g/mol. The smallest absolute Gasteiger partial charge is 0.0431 e. The van der Waals surface area contributed by atoms with Gasteiger partial charge in [0.2, 0.25) is 0 Å². The van der Waals surface area contributed by atoms with Crippen LogP contribution in [0.1, 0.15) is 46.5 Å². The molecule has 0 amide bonds. The number of unbranched alkanes of at least 4 members (excludes halogenated alkanes) is 1. The van der Waals surface area contributed by atoms with Crippen molar-refractivity contribution in [3.8, 4) is 0 Å². The Labute approximate surface area is 94.4 Å². The van der Waals surface area contributed by atoms with E-state index in [1.807, 2.05) is 0 Å². The molecular formula is C12H28N2O. The summed E-state index contributed by atoms with van der Waals surface area (Å²) in [6.45, 7) is 8.58. The van der Waals surface area contributed by atoms with E-state index in [9.17, 15) is 0 Å². The van der Waals surface area contributed by atoms with Gasteiger partial charge in [0.1, 0.15) is 0 Å². The molecule has 3 heteroatoms. The molecule has 0 saturated heterocycles. The number of aliphatic hydroxyl groups excluding tert-OH is 1. The van der Waals surface area contributed by atoms with E-state index >= 15 is 0 Å². The highest BCUT2D eigenvalue weighted by atomic mass is 16.2. The Hall–Kier alpha value is -0.120. The van der Waals surface area contributed by atoms with Crippen molar-refractivity contribution >= 4 is 0 Å². The van der Waals surface area contributed by atoms with Crippen molar-refractivity contribution in [1.82, 2.24) is 5.32 Å². The molecule has 0 spiro atoms. The summed E-state index contributed by atoms with van der Waals surface area (Å²) in [7, 11) is 0. The van der Waals surface area contributed by atoms with Gasteiger partial charge in [-0.2, -0.15) is 0 Å². The van der Waals surface area contributed by atoms with Crippen LogP contribution in [0.5, 0.6) is 0 Å². The molecule has 1 unspecified atom stereocenters. The van der Waals surface area contributed by atoms with Gasteiger partial charge < -0.3 is 16.2 Å². The topological polar surface area (TPSA) is 58.3 Å². The van der Waals surface area contributed by atoms with Crippen molar-refractivity contribution in [2.45, 2.75) is 52.0 Å². The number of aliphatic hydroxyl groups is 1. The molecule has 0 aromatic carbocycles. The van der Waals surface area contributed by atoms with Crippen LogP contribution in [0.2, 0.25) is 0 Å². The van der Waals surface area contributed by atoms with Crippen molar-refractivity contribution in [2.24, 2.45) is 11.7 Å². The van der Waals surface area contributed by atoms with Crippen LogP contribution in [0.4, 0.5) is 0 Å². The third-order valence-corrected chi connectivity index (χ3v) is 2.86. The summed E-state index contributed by atoms with van der Waals surface area (Å²) in [6.07, 6.45) is 4.23. The van der Waals surface area contributed by atoms with Gasteiger partial charge in [0, 0.05) is 18.7 Å². The monoisotopic (exact) mass is 216 g/mol. The molecule has 0 aliphatic rings. The Morgan fingerprint density at radius 1 is 1.33 bits per heavy atom. The van der Waals surface area contributed by atoms with Gasteiger partial charge in [-0.3, -0.25) is 0 Å². The first-order valence-electron chi connectivity index (χ1n) is 6.10. The van der Waals surface area contributed by atoms with E-state index in [-0.39, 0.29) is 12.1 Å². The molecule has 15 heavy (non-hydrogen) atoms. The zero-order valence-corrected chi connectivity index (χ0v) is 10.6. The second kappa shape index (κ2) is 8.08. The second-order valence-corrected chi connectivity index (χ2v) is 5.05. The average Bonchev–Trinajstić information content (AvgIpc) is 2.22. The summed E-state index contributed by atoms with van der Waals surface area (Å²) in [5.41, 5.74) is 5.87. The molecule has 0 radical (unpaired) electrons. The van der Waals surface area contributed by atoms with Crippen LogP contribution in [0, 0.1) is 5.92 Å². The van der Waals surface area contributed by atoms with Crippen molar-refractivity contribution in [3.63, 3.8) is 0 Å². The number of nitrogens with one attached hydrogen (secondary N) is 1. The molecule has 0 saturated carbocycles. The third-order valence-electron chi connectivity index (χ3n) is 2.86. The van der Waals surface area contributed by atoms with Crippen LogP contribution < -0.4 is 11.1 Å². The van der Waals surface area contributed by atoms with E-state index in [4.69, 9.17) is 10.8 Å². The van der Waals surface area contributed by atoms with Gasteiger partial charge in [0.25, 0.3) is 0 Å². The molecule has 1 atom stereocenters. The van der Waals surface area contributed by atoms with Crippen LogP contribution >= 0.6 is 0 Å². The van der Waals surface area contributed by atoms with E-state index in [1.165, 1.54) is 6.42 Å².